The second-order valence-electron chi connectivity index (χ2n) is 4.34. The first-order chi connectivity index (χ1) is 9.78. The molecule has 0 unspecified atom stereocenters. The van der Waals surface area contributed by atoms with Gasteiger partial charge in [0.25, 0.3) is 0 Å². The van der Waals surface area contributed by atoms with Crippen LogP contribution in [0, 0.1) is 0 Å². The maximum absolute atomic E-state index is 6.16. The molecule has 4 heteroatoms. The van der Waals surface area contributed by atoms with Gasteiger partial charge in [0, 0.05) is 17.5 Å². The van der Waals surface area contributed by atoms with Crippen LogP contribution in [0.3, 0.4) is 0 Å². The minimum absolute atomic E-state index is 0.376. The zero-order valence-electron chi connectivity index (χ0n) is 10.5. The number of hydrogen-bond donors (Lipinski definition) is 0. The molecule has 3 aromatic rings. The van der Waals surface area contributed by atoms with E-state index in [-0.39, 0.29) is 0 Å². The summed E-state index contributed by atoms with van der Waals surface area (Å²) < 4.78 is 5.84. The maximum atomic E-state index is 6.16. The van der Waals surface area contributed by atoms with E-state index in [4.69, 9.17) is 27.9 Å². The van der Waals surface area contributed by atoms with Crippen molar-refractivity contribution >= 4 is 34.0 Å². The third-order valence-electron chi connectivity index (χ3n) is 2.97. The van der Waals surface area contributed by atoms with Crippen LogP contribution in [0.25, 0.3) is 10.8 Å². The molecule has 0 saturated heterocycles. The van der Waals surface area contributed by atoms with E-state index >= 15 is 0 Å². The highest BCUT2D eigenvalue weighted by molar-refractivity contribution is 6.32. The Labute approximate surface area is 126 Å². The highest BCUT2D eigenvalue weighted by atomic mass is 35.5. The van der Waals surface area contributed by atoms with Crippen molar-refractivity contribution in [2.24, 2.45) is 0 Å². The van der Waals surface area contributed by atoms with Crippen molar-refractivity contribution in [3.05, 3.63) is 65.3 Å². The first-order valence-electron chi connectivity index (χ1n) is 6.14. The van der Waals surface area contributed by atoms with Gasteiger partial charge in [0.15, 0.2) is 0 Å². The Hall–Kier alpha value is -1.77. The van der Waals surface area contributed by atoms with Gasteiger partial charge in [-0.25, -0.2) is 4.98 Å². The second kappa shape index (κ2) is 5.70. The lowest BCUT2D eigenvalue weighted by Gasteiger charge is -2.09. The highest BCUT2D eigenvalue weighted by Crippen LogP contribution is 2.32. The molecule has 1 aromatic heterocycles. The molecule has 0 atom stereocenters. The number of ether oxygens (including phenoxy) is 1. The van der Waals surface area contributed by atoms with E-state index in [0.29, 0.717) is 16.8 Å². The van der Waals surface area contributed by atoms with Crippen molar-refractivity contribution in [1.29, 1.82) is 0 Å². The van der Waals surface area contributed by atoms with Gasteiger partial charge < -0.3 is 4.74 Å². The zero-order chi connectivity index (χ0) is 13.9. The highest BCUT2D eigenvalue weighted by Gasteiger charge is 2.08. The van der Waals surface area contributed by atoms with E-state index in [1.54, 1.807) is 12.3 Å². The van der Waals surface area contributed by atoms with E-state index in [1.807, 2.05) is 42.5 Å². The van der Waals surface area contributed by atoms with Crippen LogP contribution in [0.2, 0.25) is 5.02 Å². The molecule has 2 aromatic carbocycles. The molecular weight excluding hydrogens is 293 g/mol. The molecule has 0 radical (unpaired) electrons. The summed E-state index contributed by atoms with van der Waals surface area (Å²) in [6, 6.07) is 15.7. The average Bonchev–Trinajstić information content (AvgIpc) is 2.49. The molecule has 0 bridgehead atoms. The summed E-state index contributed by atoms with van der Waals surface area (Å²) >= 11 is 11.9. The fourth-order valence-electron chi connectivity index (χ4n) is 2.00. The predicted octanol–water partition coefficient (Wildman–Crippen LogP) is 5.42. The van der Waals surface area contributed by atoms with E-state index in [1.165, 1.54) is 0 Å². The predicted molar refractivity (Wildman–Crippen MR) is 82.8 cm³/mol. The minimum atomic E-state index is 0.376. The molecule has 0 spiro atoms. The molecule has 20 heavy (non-hydrogen) atoms. The molecule has 100 valence electrons. The summed E-state index contributed by atoms with van der Waals surface area (Å²) in [6.07, 6.45) is 1.67. The number of aromatic nitrogens is 1. The van der Waals surface area contributed by atoms with Gasteiger partial charge in [-0.05, 0) is 23.1 Å². The molecule has 1 heterocycles. The first kappa shape index (κ1) is 13.2. The molecule has 0 aliphatic carbocycles. The van der Waals surface area contributed by atoms with E-state index in [9.17, 15) is 0 Å². The second-order valence-corrected chi connectivity index (χ2v) is 5.02. The van der Waals surface area contributed by atoms with Gasteiger partial charge >= 0.3 is 0 Å². The molecule has 0 aliphatic heterocycles. The number of fused-ring (bicyclic) bond motifs is 1. The summed E-state index contributed by atoms with van der Waals surface area (Å²) in [5.74, 6) is 1.49. The normalized spacial score (nSPS) is 10.7. The molecule has 0 fully saturated rings. The molecule has 0 saturated carbocycles. The van der Waals surface area contributed by atoms with Gasteiger partial charge in [-0.15, -0.1) is 11.6 Å². The van der Waals surface area contributed by atoms with Crippen LogP contribution < -0.4 is 4.74 Å². The summed E-state index contributed by atoms with van der Waals surface area (Å²) in [6.45, 7) is 0. The fourth-order valence-corrected chi connectivity index (χ4v) is 2.38. The Morgan fingerprint density at radius 2 is 1.85 bits per heavy atom. The van der Waals surface area contributed by atoms with Gasteiger partial charge in [0.05, 0.1) is 0 Å². The summed E-state index contributed by atoms with van der Waals surface area (Å²) in [4.78, 5) is 4.21. The summed E-state index contributed by atoms with van der Waals surface area (Å²) in [5, 5.41) is 2.59. The third-order valence-corrected chi connectivity index (χ3v) is 3.55. The van der Waals surface area contributed by atoms with Crippen molar-refractivity contribution in [1.82, 2.24) is 4.98 Å². The van der Waals surface area contributed by atoms with E-state index < -0.39 is 0 Å². The lowest BCUT2D eigenvalue weighted by atomic mass is 10.1. The smallest absolute Gasteiger partial charge is 0.238 e. The Bertz CT molecular complexity index is 753. The Morgan fingerprint density at radius 3 is 2.65 bits per heavy atom. The number of halogens is 2. The number of benzene rings is 2. The van der Waals surface area contributed by atoms with Crippen LogP contribution in [0.5, 0.6) is 11.6 Å². The SMILES string of the molecule is ClCc1cnc(Oc2cccc3ccccc23)c(Cl)c1. The molecule has 0 N–H and O–H groups in total. The van der Waals surface area contributed by atoms with Crippen molar-refractivity contribution in [2.45, 2.75) is 5.88 Å². The van der Waals surface area contributed by atoms with Gasteiger partial charge in [0.1, 0.15) is 10.8 Å². The lowest BCUT2D eigenvalue weighted by molar-refractivity contribution is 0.468. The first-order valence-corrected chi connectivity index (χ1v) is 7.05. The monoisotopic (exact) mass is 303 g/mol. The Morgan fingerprint density at radius 1 is 1.05 bits per heavy atom. The number of alkyl halides is 1. The minimum Gasteiger partial charge on any atom is -0.437 e. The molecule has 0 aliphatic rings. The topological polar surface area (TPSA) is 22.1 Å². The van der Waals surface area contributed by atoms with Crippen molar-refractivity contribution < 1.29 is 4.74 Å². The zero-order valence-corrected chi connectivity index (χ0v) is 12.0. The Kier molecular flexibility index (Phi) is 3.77. The summed E-state index contributed by atoms with van der Waals surface area (Å²) in [5.41, 5.74) is 0.863. The Balaban J connectivity index is 2.01. The number of pyridine rings is 1. The maximum Gasteiger partial charge on any atom is 0.238 e. The van der Waals surface area contributed by atoms with Crippen LogP contribution in [-0.4, -0.2) is 4.98 Å². The lowest BCUT2D eigenvalue weighted by Crippen LogP contribution is -1.91. The average molecular weight is 304 g/mol. The van der Waals surface area contributed by atoms with Gasteiger partial charge in [-0.1, -0.05) is 48.0 Å². The molecule has 3 rings (SSSR count). The van der Waals surface area contributed by atoms with Crippen molar-refractivity contribution in [2.75, 3.05) is 0 Å². The number of rotatable bonds is 3. The molecule has 0 amide bonds. The largest absolute Gasteiger partial charge is 0.437 e. The van der Waals surface area contributed by atoms with Crippen LogP contribution in [0.1, 0.15) is 5.56 Å². The van der Waals surface area contributed by atoms with Crippen LogP contribution in [0.15, 0.2) is 54.7 Å². The fraction of sp³-hybridized carbons (Fsp3) is 0.0625. The molecule has 2 nitrogen and oxygen atoms in total. The third kappa shape index (κ3) is 2.58. The molecular formula is C16H11Cl2NO. The van der Waals surface area contributed by atoms with Crippen LogP contribution in [-0.2, 0) is 5.88 Å². The van der Waals surface area contributed by atoms with Crippen molar-refractivity contribution in [3.8, 4) is 11.6 Å². The summed E-state index contributed by atoms with van der Waals surface area (Å²) in [7, 11) is 0. The van der Waals surface area contributed by atoms with Crippen LogP contribution in [0.4, 0.5) is 0 Å². The van der Waals surface area contributed by atoms with Gasteiger partial charge in [-0.2, -0.15) is 0 Å². The standard InChI is InChI=1S/C16H11Cl2NO/c17-9-11-8-14(18)16(19-10-11)20-15-7-3-5-12-4-1-2-6-13(12)15/h1-8,10H,9H2. The van der Waals surface area contributed by atoms with Gasteiger partial charge in [-0.3, -0.25) is 0 Å². The quantitative estimate of drug-likeness (QED) is 0.603. The van der Waals surface area contributed by atoms with Crippen LogP contribution >= 0.6 is 23.2 Å². The number of hydrogen-bond acceptors (Lipinski definition) is 2. The van der Waals surface area contributed by atoms with Gasteiger partial charge in [0.2, 0.25) is 5.88 Å². The van der Waals surface area contributed by atoms with E-state index in [0.717, 1.165) is 22.1 Å². The van der Waals surface area contributed by atoms with E-state index in [2.05, 4.69) is 4.98 Å². The van der Waals surface area contributed by atoms with Crippen molar-refractivity contribution in [3.63, 3.8) is 0 Å². The number of nitrogens with zero attached hydrogens (tertiary/aromatic N) is 1.